The van der Waals surface area contributed by atoms with Crippen LogP contribution in [0.5, 0.6) is 11.5 Å². The average molecular weight is 409 g/mol. The van der Waals surface area contributed by atoms with Gasteiger partial charge >= 0.3 is 0 Å². The highest BCUT2D eigenvalue weighted by atomic mass is 16.5. The maximum absolute atomic E-state index is 13.0. The number of benzene rings is 2. The number of hydrogen-bond donors (Lipinski definition) is 1. The Morgan fingerprint density at radius 2 is 1.73 bits per heavy atom. The Morgan fingerprint density at radius 3 is 2.30 bits per heavy atom. The summed E-state index contributed by atoms with van der Waals surface area (Å²) >= 11 is 0. The van der Waals surface area contributed by atoms with Crippen LogP contribution in [0.2, 0.25) is 0 Å². The number of aliphatic hydroxyl groups is 1. The molecule has 0 aliphatic carbocycles. The van der Waals surface area contributed by atoms with Crippen LogP contribution in [-0.2, 0) is 9.59 Å². The third-order valence-electron chi connectivity index (χ3n) is 5.16. The van der Waals surface area contributed by atoms with Crippen molar-refractivity contribution in [3.8, 4) is 11.5 Å². The Labute approximate surface area is 176 Å². The van der Waals surface area contributed by atoms with E-state index in [9.17, 15) is 14.7 Å². The van der Waals surface area contributed by atoms with Crippen LogP contribution in [0.4, 0.5) is 0 Å². The van der Waals surface area contributed by atoms with Crippen LogP contribution in [0, 0.1) is 12.8 Å². The summed E-state index contributed by atoms with van der Waals surface area (Å²) in [4.78, 5) is 27.5. The largest absolute Gasteiger partial charge is 0.507 e. The van der Waals surface area contributed by atoms with E-state index in [4.69, 9.17) is 9.47 Å². The lowest BCUT2D eigenvalue weighted by Crippen LogP contribution is -2.33. The first-order valence-corrected chi connectivity index (χ1v) is 9.85. The normalized spacial score (nSPS) is 18.2. The number of aliphatic hydroxyl groups excluding tert-OH is 1. The number of carbonyl (C=O) groups is 2. The van der Waals surface area contributed by atoms with Gasteiger partial charge in [0, 0.05) is 17.7 Å². The minimum absolute atomic E-state index is 0.0519. The molecule has 0 spiro atoms. The molecule has 1 N–H and O–H groups in total. The van der Waals surface area contributed by atoms with Gasteiger partial charge in [0.1, 0.15) is 17.3 Å². The van der Waals surface area contributed by atoms with Crippen LogP contribution in [0.15, 0.2) is 48.0 Å². The molecule has 6 heteroatoms. The summed E-state index contributed by atoms with van der Waals surface area (Å²) in [6.45, 7) is 6.24. The number of nitrogens with zero attached hydrogens (tertiary/aromatic N) is 1. The number of carbonyl (C=O) groups excluding carboxylic acids is 2. The van der Waals surface area contributed by atoms with Gasteiger partial charge in [0.15, 0.2) is 0 Å². The van der Waals surface area contributed by atoms with Crippen LogP contribution in [0.25, 0.3) is 5.76 Å². The number of ketones is 1. The molecule has 158 valence electrons. The maximum Gasteiger partial charge on any atom is 0.295 e. The SMILES string of the molecule is COc1ccc(OC)c([C@@H]2C(=C(O)c3ccc(C)cc3)C(=O)C(=O)N2CC(C)C)c1. The molecular formula is C24H27NO5. The maximum atomic E-state index is 13.0. The van der Waals surface area contributed by atoms with E-state index >= 15 is 0 Å². The van der Waals surface area contributed by atoms with Gasteiger partial charge < -0.3 is 19.5 Å². The number of rotatable bonds is 6. The topological polar surface area (TPSA) is 76.1 Å². The molecule has 0 aromatic heterocycles. The van der Waals surface area contributed by atoms with Crippen molar-refractivity contribution in [3.05, 3.63) is 64.7 Å². The van der Waals surface area contributed by atoms with Gasteiger partial charge in [0.2, 0.25) is 0 Å². The number of aryl methyl sites for hydroxylation is 1. The number of Topliss-reactive ketones (excluding diaryl/α,β-unsaturated/α-hetero) is 1. The minimum Gasteiger partial charge on any atom is -0.507 e. The molecule has 1 heterocycles. The average Bonchev–Trinajstić information content (AvgIpc) is 2.97. The van der Waals surface area contributed by atoms with Crippen LogP contribution >= 0.6 is 0 Å². The highest BCUT2D eigenvalue weighted by Gasteiger charge is 2.47. The van der Waals surface area contributed by atoms with E-state index in [0.29, 0.717) is 29.2 Å². The molecule has 1 fully saturated rings. The van der Waals surface area contributed by atoms with E-state index in [0.717, 1.165) is 5.56 Å². The zero-order valence-corrected chi connectivity index (χ0v) is 17.9. The van der Waals surface area contributed by atoms with Crippen molar-refractivity contribution >= 4 is 17.4 Å². The third kappa shape index (κ3) is 3.90. The molecule has 3 rings (SSSR count). The van der Waals surface area contributed by atoms with Crippen molar-refractivity contribution in [2.24, 2.45) is 5.92 Å². The molecule has 0 radical (unpaired) electrons. The van der Waals surface area contributed by atoms with E-state index in [1.807, 2.05) is 32.9 Å². The van der Waals surface area contributed by atoms with Gasteiger partial charge in [-0.3, -0.25) is 9.59 Å². The van der Waals surface area contributed by atoms with Crippen LogP contribution in [-0.4, -0.2) is 42.5 Å². The first kappa shape index (κ1) is 21.4. The second-order valence-electron chi connectivity index (χ2n) is 7.82. The van der Waals surface area contributed by atoms with E-state index < -0.39 is 17.7 Å². The van der Waals surface area contributed by atoms with Crippen molar-refractivity contribution in [2.45, 2.75) is 26.8 Å². The molecule has 1 amide bonds. The van der Waals surface area contributed by atoms with Crippen molar-refractivity contribution in [3.63, 3.8) is 0 Å². The number of hydrogen-bond acceptors (Lipinski definition) is 5. The van der Waals surface area contributed by atoms with Crippen LogP contribution in [0.1, 0.15) is 36.6 Å². The van der Waals surface area contributed by atoms with Crippen LogP contribution < -0.4 is 9.47 Å². The molecule has 0 unspecified atom stereocenters. The van der Waals surface area contributed by atoms with Crippen molar-refractivity contribution in [1.29, 1.82) is 0 Å². The molecule has 1 saturated heterocycles. The van der Waals surface area contributed by atoms with Gasteiger partial charge in [-0.05, 0) is 31.0 Å². The predicted molar refractivity (Wildman–Crippen MR) is 115 cm³/mol. The smallest absolute Gasteiger partial charge is 0.295 e. The number of likely N-dealkylation sites (tertiary alicyclic amines) is 1. The summed E-state index contributed by atoms with van der Waals surface area (Å²) in [5.74, 6) is -0.338. The van der Waals surface area contributed by atoms with Crippen molar-refractivity contribution < 1.29 is 24.2 Å². The van der Waals surface area contributed by atoms with Crippen molar-refractivity contribution in [1.82, 2.24) is 4.90 Å². The third-order valence-corrected chi connectivity index (χ3v) is 5.16. The standard InChI is InChI=1S/C24H27NO5/c1-14(2)13-25-21(18-12-17(29-4)10-11-19(18)30-5)20(23(27)24(25)28)22(26)16-8-6-15(3)7-9-16/h6-12,14,21,26H,13H2,1-5H3/t21-/m1/s1. The highest BCUT2D eigenvalue weighted by molar-refractivity contribution is 6.46. The lowest BCUT2D eigenvalue weighted by Gasteiger charge is -2.28. The fourth-order valence-electron chi connectivity index (χ4n) is 3.71. The van der Waals surface area contributed by atoms with Gasteiger partial charge in [-0.15, -0.1) is 0 Å². The molecular weight excluding hydrogens is 382 g/mol. The first-order chi connectivity index (χ1) is 14.3. The van der Waals surface area contributed by atoms with Gasteiger partial charge in [-0.2, -0.15) is 0 Å². The second-order valence-corrected chi connectivity index (χ2v) is 7.82. The first-order valence-electron chi connectivity index (χ1n) is 9.85. The predicted octanol–water partition coefficient (Wildman–Crippen LogP) is 4.09. The quantitative estimate of drug-likeness (QED) is 0.442. The summed E-state index contributed by atoms with van der Waals surface area (Å²) in [6.07, 6.45) is 0. The fraction of sp³-hybridized carbons (Fsp3) is 0.333. The second kappa shape index (κ2) is 8.61. The summed E-state index contributed by atoms with van der Waals surface area (Å²) in [5.41, 5.74) is 2.15. The Kier molecular flexibility index (Phi) is 6.15. The Balaban J connectivity index is 2.27. The molecule has 2 aromatic rings. The minimum atomic E-state index is -0.779. The molecule has 1 aliphatic heterocycles. The van der Waals surface area contributed by atoms with E-state index in [1.165, 1.54) is 12.0 Å². The summed E-state index contributed by atoms with van der Waals surface area (Å²) in [6, 6.07) is 11.6. The van der Waals surface area contributed by atoms with Gasteiger partial charge in [0.25, 0.3) is 11.7 Å². The highest BCUT2D eigenvalue weighted by Crippen LogP contribution is 2.44. The molecule has 30 heavy (non-hydrogen) atoms. The molecule has 0 bridgehead atoms. The van der Waals surface area contributed by atoms with E-state index in [2.05, 4.69) is 0 Å². The summed E-state index contributed by atoms with van der Waals surface area (Å²) in [5, 5.41) is 11.1. The summed E-state index contributed by atoms with van der Waals surface area (Å²) in [7, 11) is 3.07. The van der Waals surface area contributed by atoms with Gasteiger partial charge in [-0.1, -0.05) is 43.7 Å². The number of amides is 1. The number of ether oxygens (including phenoxy) is 2. The summed E-state index contributed by atoms with van der Waals surface area (Å²) < 4.78 is 10.9. The monoisotopic (exact) mass is 409 g/mol. The molecule has 6 nitrogen and oxygen atoms in total. The van der Waals surface area contributed by atoms with E-state index in [1.54, 1.807) is 37.4 Å². The van der Waals surface area contributed by atoms with Gasteiger partial charge in [0.05, 0.1) is 25.8 Å². The zero-order valence-electron chi connectivity index (χ0n) is 17.9. The number of methoxy groups -OCH3 is 2. The van der Waals surface area contributed by atoms with Gasteiger partial charge in [-0.25, -0.2) is 0 Å². The Bertz CT molecular complexity index is 991. The van der Waals surface area contributed by atoms with Crippen molar-refractivity contribution in [2.75, 3.05) is 20.8 Å². The molecule has 1 aliphatic rings. The lowest BCUT2D eigenvalue weighted by molar-refractivity contribution is -0.140. The Morgan fingerprint density at radius 1 is 1.07 bits per heavy atom. The van der Waals surface area contributed by atoms with Crippen LogP contribution in [0.3, 0.4) is 0 Å². The Hall–Kier alpha value is -3.28. The zero-order chi connectivity index (χ0) is 22.0. The van der Waals surface area contributed by atoms with E-state index in [-0.39, 0.29) is 17.3 Å². The lowest BCUT2D eigenvalue weighted by atomic mass is 9.94. The fourth-order valence-corrected chi connectivity index (χ4v) is 3.71. The molecule has 0 saturated carbocycles. The molecule has 1 atom stereocenters. The molecule has 2 aromatic carbocycles.